The molecular formula is C16H13F6NO2. The van der Waals surface area contributed by atoms with Gasteiger partial charge in [0.2, 0.25) is 0 Å². The first-order chi connectivity index (χ1) is 11.6. The molecule has 3 nitrogen and oxygen atoms in total. The van der Waals surface area contributed by atoms with Gasteiger partial charge in [-0.05, 0) is 35.9 Å². The van der Waals surface area contributed by atoms with Crippen LogP contribution in [0.5, 0.6) is 0 Å². The van der Waals surface area contributed by atoms with Crippen molar-refractivity contribution in [2.45, 2.75) is 32.2 Å². The molecule has 1 aromatic heterocycles. The van der Waals surface area contributed by atoms with Crippen LogP contribution in [-0.4, -0.2) is 10.1 Å². The Balaban J connectivity index is 2.18. The molecule has 0 spiro atoms. The van der Waals surface area contributed by atoms with Crippen molar-refractivity contribution in [1.29, 1.82) is 0 Å². The van der Waals surface area contributed by atoms with Crippen molar-refractivity contribution in [2.24, 2.45) is 0 Å². The molecule has 25 heavy (non-hydrogen) atoms. The van der Waals surface area contributed by atoms with Crippen LogP contribution in [-0.2, 0) is 36.9 Å². The second-order valence-electron chi connectivity index (χ2n) is 5.14. The number of hydrogen-bond acceptors (Lipinski definition) is 3. The van der Waals surface area contributed by atoms with E-state index in [-0.39, 0.29) is 13.2 Å². The zero-order chi connectivity index (χ0) is 18.7. The molecule has 9 heteroatoms. The van der Waals surface area contributed by atoms with Crippen molar-refractivity contribution in [3.05, 3.63) is 64.5 Å². The fourth-order valence-corrected chi connectivity index (χ4v) is 2.13. The second-order valence-corrected chi connectivity index (χ2v) is 5.14. The maximum atomic E-state index is 12.9. The molecule has 0 amide bonds. The summed E-state index contributed by atoms with van der Waals surface area (Å²) in [7, 11) is 0. The maximum absolute atomic E-state index is 12.9. The number of aromatic nitrogens is 1. The topological polar surface area (TPSA) is 42.4 Å². The molecule has 0 fully saturated rings. The van der Waals surface area contributed by atoms with Crippen molar-refractivity contribution >= 4 is 0 Å². The summed E-state index contributed by atoms with van der Waals surface area (Å²) in [6.07, 6.45) is -9.55. The molecule has 2 rings (SSSR count). The van der Waals surface area contributed by atoms with Gasteiger partial charge in [-0.2, -0.15) is 26.3 Å². The highest BCUT2D eigenvalue weighted by atomic mass is 19.4. The predicted molar refractivity (Wildman–Crippen MR) is 75.1 cm³/mol. The monoisotopic (exact) mass is 365 g/mol. The van der Waals surface area contributed by atoms with Gasteiger partial charge in [0.05, 0.1) is 42.3 Å². The van der Waals surface area contributed by atoms with E-state index in [1.807, 2.05) is 0 Å². The molecule has 1 N–H and O–H groups in total. The summed E-state index contributed by atoms with van der Waals surface area (Å²) in [5.74, 6) is 0. The third-order valence-corrected chi connectivity index (χ3v) is 3.27. The Morgan fingerprint density at radius 3 is 2.16 bits per heavy atom. The Hall–Kier alpha value is -2.13. The summed E-state index contributed by atoms with van der Waals surface area (Å²) < 4.78 is 82.1. The molecule has 0 aliphatic heterocycles. The summed E-state index contributed by atoms with van der Waals surface area (Å²) in [4.78, 5) is 3.97. The second kappa shape index (κ2) is 7.40. The van der Waals surface area contributed by atoms with Crippen molar-refractivity contribution in [3.63, 3.8) is 0 Å². The van der Waals surface area contributed by atoms with Gasteiger partial charge in [0, 0.05) is 0 Å². The van der Waals surface area contributed by atoms with E-state index in [0.717, 1.165) is 0 Å². The largest absolute Gasteiger partial charge is 0.416 e. The van der Waals surface area contributed by atoms with Crippen molar-refractivity contribution < 1.29 is 36.2 Å². The molecule has 1 heterocycles. The molecule has 0 aliphatic carbocycles. The smallest absolute Gasteiger partial charge is 0.390 e. The number of benzene rings is 1. The van der Waals surface area contributed by atoms with Crippen LogP contribution in [0.4, 0.5) is 26.3 Å². The number of nitrogens with zero attached hydrogens (tertiary/aromatic N) is 1. The Morgan fingerprint density at radius 1 is 0.880 bits per heavy atom. The highest BCUT2D eigenvalue weighted by molar-refractivity contribution is 5.35. The van der Waals surface area contributed by atoms with E-state index in [2.05, 4.69) is 4.98 Å². The standard InChI is InChI=1S/C16H13F6NO2/c17-15(18,19)11-4-5-14(16(20,21)22)10(6-11)8-25-9-13-3-1-2-12(7-24)23-13/h1-6,24H,7-9H2. The fourth-order valence-electron chi connectivity index (χ4n) is 2.13. The van der Waals surface area contributed by atoms with Crippen molar-refractivity contribution in [1.82, 2.24) is 4.98 Å². The Bertz CT molecular complexity index is 727. The van der Waals surface area contributed by atoms with E-state index in [1.54, 1.807) is 6.07 Å². The Morgan fingerprint density at radius 2 is 1.56 bits per heavy atom. The van der Waals surface area contributed by atoms with Crippen LogP contribution < -0.4 is 0 Å². The van der Waals surface area contributed by atoms with Crippen molar-refractivity contribution in [3.8, 4) is 0 Å². The van der Waals surface area contributed by atoms with E-state index >= 15 is 0 Å². The Kier molecular flexibility index (Phi) is 5.69. The van der Waals surface area contributed by atoms with Crippen LogP contribution in [0.2, 0.25) is 0 Å². The molecule has 0 saturated carbocycles. The first-order valence-electron chi connectivity index (χ1n) is 7.02. The van der Waals surface area contributed by atoms with Gasteiger partial charge in [-0.15, -0.1) is 0 Å². The van der Waals surface area contributed by atoms with Gasteiger partial charge in [0.15, 0.2) is 0 Å². The average Bonchev–Trinajstić information content (AvgIpc) is 2.53. The lowest BCUT2D eigenvalue weighted by atomic mass is 10.0. The minimum atomic E-state index is -4.79. The normalized spacial score (nSPS) is 12.4. The zero-order valence-electron chi connectivity index (χ0n) is 12.7. The lowest BCUT2D eigenvalue weighted by Gasteiger charge is -2.16. The first-order valence-corrected chi connectivity index (χ1v) is 7.02. The van der Waals surface area contributed by atoms with Crippen molar-refractivity contribution in [2.75, 3.05) is 0 Å². The number of rotatable bonds is 5. The molecule has 0 bridgehead atoms. The van der Waals surface area contributed by atoms with E-state index < -0.39 is 35.6 Å². The van der Waals surface area contributed by atoms with Gasteiger partial charge in [-0.25, -0.2) is 0 Å². The SMILES string of the molecule is OCc1cccc(COCc2cc(C(F)(F)F)ccc2C(F)(F)F)n1. The molecule has 1 aromatic carbocycles. The number of hydrogen-bond donors (Lipinski definition) is 1. The minimum Gasteiger partial charge on any atom is -0.390 e. The summed E-state index contributed by atoms with van der Waals surface area (Å²) in [5, 5.41) is 8.96. The van der Waals surface area contributed by atoms with Crippen LogP contribution in [0, 0.1) is 0 Å². The molecule has 2 aromatic rings. The number of pyridine rings is 1. The van der Waals surface area contributed by atoms with Gasteiger partial charge < -0.3 is 9.84 Å². The predicted octanol–water partition coefficient (Wildman–Crippen LogP) is 4.33. The number of halogens is 6. The van der Waals surface area contributed by atoms with Gasteiger partial charge in [-0.1, -0.05) is 6.07 Å². The highest BCUT2D eigenvalue weighted by Crippen LogP contribution is 2.36. The zero-order valence-corrected chi connectivity index (χ0v) is 12.7. The maximum Gasteiger partial charge on any atom is 0.416 e. The molecule has 0 unspecified atom stereocenters. The quantitative estimate of drug-likeness (QED) is 0.802. The summed E-state index contributed by atoms with van der Waals surface area (Å²) in [6.45, 7) is -1.19. The van der Waals surface area contributed by atoms with E-state index in [4.69, 9.17) is 9.84 Å². The van der Waals surface area contributed by atoms with Gasteiger partial charge >= 0.3 is 12.4 Å². The molecule has 0 atom stereocenters. The van der Waals surface area contributed by atoms with Gasteiger partial charge in [0.25, 0.3) is 0 Å². The van der Waals surface area contributed by atoms with Gasteiger partial charge in [-0.3, -0.25) is 4.98 Å². The number of ether oxygens (including phenoxy) is 1. The lowest BCUT2D eigenvalue weighted by Crippen LogP contribution is -2.13. The molecular weight excluding hydrogens is 352 g/mol. The molecule has 0 saturated heterocycles. The third kappa shape index (κ3) is 5.17. The Labute approximate surface area is 138 Å². The molecule has 136 valence electrons. The van der Waals surface area contributed by atoms with Crippen LogP contribution >= 0.6 is 0 Å². The van der Waals surface area contributed by atoms with Gasteiger partial charge in [0.1, 0.15) is 0 Å². The molecule has 0 aliphatic rings. The number of aliphatic hydroxyl groups excluding tert-OH is 1. The van der Waals surface area contributed by atoms with E-state index in [0.29, 0.717) is 29.6 Å². The summed E-state index contributed by atoms with van der Waals surface area (Å²) in [5.41, 5.74) is -2.29. The summed E-state index contributed by atoms with van der Waals surface area (Å²) >= 11 is 0. The molecule has 0 radical (unpaired) electrons. The first kappa shape index (κ1) is 19.2. The van der Waals surface area contributed by atoms with Crippen LogP contribution in [0.1, 0.15) is 28.1 Å². The highest BCUT2D eigenvalue weighted by Gasteiger charge is 2.36. The van der Waals surface area contributed by atoms with Crippen LogP contribution in [0.25, 0.3) is 0 Å². The number of alkyl halides is 6. The average molecular weight is 365 g/mol. The van der Waals surface area contributed by atoms with E-state index in [1.165, 1.54) is 12.1 Å². The minimum absolute atomic E-state index is 0.207. The van der Waals surface area contributed by atoms with Crippen LogP contribution in [0.3, 0.4) is 0 Å². The summed E-state index contributed by atoms with van der Waals surface area (Å²) in [6, 6.07) is 5.85. The lowest BCUT2D eigenvalue weighted by molar-refractivity contribution is -0.142. The van der Waals surface area contributed by atoms with E-state index in [9.17, 15) is 26.3 Å². The third-order valence-electron chi connectivity index (χ3n) is 3.27. The fraction of sp³-hybridized carbons (Fsp3) is 0.312. The number of aliphatic hydroxyl groups is 1. The van der Waals surface area contributed by atoms with Crippen LogP contribution in [0.15, 0.2) is 36.4 Å².